The van der Waals surface area contributed by atoms with Crippen molar-refractivity contribution >= 4 is 26.8 Å². The van der Waals surface area contributed by atoms with Crippen LogP contribution in [0, 0.1) is 0 Å². The number of carbonyl (C=O) groups is 1. The predicted molar refractivity (Wildman–Crippen MR) is 98.7 cm³/mol. The molecule has 26 heavy (non-hydrogen) atoms. The van der Waals surface area contributed by atoms with E-state index in [1.165, 1.54) is 12.1 Å². The lowest BCUT2D eigenvalue weighted by molar-refractivity contribution is -0.132. The molecule has 3 aromatic rings. The molecule has 1 unspecified atom stereocenters. The van der Waals surface area contributed by atoms with E-state index in [-0.39, 0.29) is 23.4 Å². The second-order valence-corrected chi connectivity index (χ2v) is 7.72. The fraction of sp³-hybridized carbons (Fsp3) is 0.222. The Labute approximate surface area is 152 Å². The Bertz CT molecular complexity index is 1060. The normalized spacial score (nSPS) is 12.9. The van der Waals surface area contributed by atoms with Gasteiger partial charge in [-0.1, -0.05) is 30.3 Å². The Hall–Kier alpha value is -2.71. The fourth-order valence-electron chi connectivity index (χ4n) is 2.78. The minimum absolute atomic E-state index is 0.0285. The summed E-state index contributed by atoms with van der Waals surface area (Å²) in [4.78, 5) is 14.3. The zero-order valence-corrected chi connectivity index (χ0v) is 15.3. The summed E-state index contributed by atoms with van der Waals surface area (Å²) in [5, 5.41) is 10.4. The number of primary sulfonamides is 1. The van der Waals surface area contributed by atoms with Crippen molar-refractivity contribution in [2.75, 3.05) is 7.05 Å². The summed E-state index contributed by atoms with van der Waals surface area (Å²) >= 11 is 0. The van der Waals surface area contributed by atoms with E-state index in [0.717, 1.165) is 10.9 Å². The molecule has 0 fully saturated rings. The number of benzene rings is 2. The molecule has 3 rings (SSSR count). The number of para-hydroxylation sites is 1. The Morgan fingerprint density at radius 3 is 2.69 bits per heavy atom. The number of sulfonamides is 1. The summed E-state index contributed by atoms with van der Waals surface area (Å²) in [6.07, 6.45) is 1.72. The summed E-state index contributed by atoms with van der Waals surface area (Å²) in [7, 11) is -2.10. The van der Waals surface area contributed by atoms with Gasteiger partial charge >= 0.3 is 0 Å². The van der Waals surface area contributed by atoms with E-state index in [0.29, 0.717) is 5.56 Å². The molecule has 7 nitrogen and oxygen atoms in total. The number of hydrogen-bond acceptors (Lipinski definition) is 4. The minimum Gasteiger partial charge on any atom is -0.337 e. The SMILES string of the molecule is CC(c1cccc(S(N)(=O)=O)c1)N(C)C(=O)Cn1ncc2ccccc21. The molecule has 8 heteroatoms. The van der Waals surface area contributed by atoms with Crippen LogP contribution in [0.2, 0.25) is 0 Å². The van der Waals surface area contributed by atoms with E-state index < -0.39 is 10.0 Å². The van der Waals surface area contributed by atoms with Crippen molar-refractivity contribution in [2.45, 2.75) is 24.4 Å². The number of amides is 1. The molecular weight excluding hydrogens is 352 g/mol. The highest BCUT2D eigenvalue weighted by atomic mass is 32.2. The van der Waals surface area contributed by atoms with Crippen LogP contribution in [-0.4, -0.2) is 36.1 Å². The third kappa shape index (κ3) is 3.61. The van der Waals surface area contributed by atoms with Crippen molar-refractivity contribution in [3.05, 3.63) is 60.3 Å². The number of carbonyl (C=O) groups excluding carboxylic acids is 1. The first kappa shape index (κ1) is 18.1. The molecule has 0 bridgehead atoms. The maximum absolute atomic E-state index is 12.7. The lowest BCUT2D eigenvalue weighted by Gasteiger charge is -2.25. The first-order valence-electron chi connectivity index (χ1n) is 8.06. The van der Waals surface area contributed by atoms with Gasteiger partial charge < -0.3 is 4.90 Å². The van der Waals surface area contributed by atoms with Crippen LogP contribution in [0.3, 0.4) is 0 Å². The number of fused-ring (bicyclic) bond motifs is 1. The van der Waals surface area contributed by atoms with Gasteiger partial charge in [0.15, 0.2) is 0 Å². The van der Waals surface area contributed by atoms with Crippen LogP contribution in [0.4, 0.5) is 0 Å². The topological polar surface area (TPSA) is 98.3 Å². The monoisotopic (exact) mass is 372 g/mol. The number of rotatable bonds is 5. The van der Waals surface area contributed by atoms with Crippen LogP contribution in [0.5, 0.6) is 0 Å². The maximum atomic E-state index is 12.7. The Balaban J connectivity index is 1.80. The van der Waals surface area contributed by atoms with Crippen molar-refractivity contribution in [3.8, 4) is 0 Å². The lowest BCUT2D eigenvalue weighted by atomic mass is 10.1. The van der Waals surface area contributed by atoms with E-state index in [1.54, 1.807) is 35.0 Å². The summed E-state index contributed by atoms with van der Waals surface area (Å²) in [6.45, 7) is 1.94. The van der Waals surface area contributed by atoms with Gasteiger partial charge in [-0.3, -0.25) is 9.48 Å². The van der Waals surface area contributed by atoms with E-state index in [4.69, 9.17) is 5.14 Å². The van der Waals surface area contributed by atoms with Crippen molar-refractivity contribution in [3.63, 3.8) is 0 Å². The molecule has 1 amide bonds. The van der Waals surface area contributed by atoms with Gasteiger partial charge in [0.2, 0.25) is 15.9 Å². The Morgan fingerprint density at radius 2 is 1.96 bits per heavy atom. The van der Waals surface area contributed by atoms with E-state index in [2.05, 4.69) is 5.10 Å². The van der Waals surface area contributed by atoms with Crippen LogP contribution in [0.1, 0.15) is 18.5 Å². The lowest BCUT2D eigenvalue weighted by Crippen LogP contribution is -2.33. The number of nitrogens with zero attached hydrogens (tertiary/aromatic N) is 3. The quantitative estimate of drug-likeness (QED) is 0.739. The van der Waals surface area contributed by atoms with Gasteiger partial charge in [0.05, 0.1) is 22.7 Å². The average Bonchev–Trinajstić information content (AvgIpc) is 3.03. The molecule has 1 heterocycles. The molecule has 1 aromatic heterocycles. The first-order valence-corrected chi connectivity index (χ1v) is 9.61. The largest absolute Gasteiger partial charge is 0.337 e. The Kier molecular flexibility index (Phi) is 4.80. The molecule has 0 radical (unpaired) electrons. The highest BCUT2D eigenvalue weighted by molar-refractivity contribution is 7.89. The third-order valence-electron chi connectivity index (χ3n) is 4.48. The molecule has 2 N–H and O–H groups in total. The molecule has 0 aliphatic heterocycles. The molecule has 0 aliphatic rings. The van der Waals surface area contributed by atoms with Crippen molar-refractivity contribution in [2.24, 2.45) is 5.14 Å². The second kappa shape index (κ2) is 6.89. The summed E-state index contributed by atoms with van der Waals surface area (Å²) < 4.78 is 24.7. The van der Waals surface area contributed by atoms with E-state index in [9.17, 15) is 13.2 Å². The highest BCUT2D eigenvalue weighted by Crippen LogP contribution is 2.22. The molecular formula is C18H20N4O3S. The molecule has 0 aliphatic carbocycles. The van der Waals surface area contributed by atoms with Crippen molar-refractivity contribution < 1.29 is 13.2 Å². The number of likely N-dealkylation sites (N-methyl/N-ethyl adjacent to an activating group) is 1. The van der Waals surface area contributed by atoms with Crippen LogP contribution < -0.4 is 5.14 Å². The number of aromatic nitrogens is 2. The molecule has 2 aromatic carbocycles. The van der Waals surface area contributed by atoms with Crippen LogP contribution in [0.25, 0.3) is 10.9 Å². The first-order chi connectivity index (χ1) is 12.3. The smallest absolute Gasteiger partial charge is 0.244 e. The fourth-order valence-corrected chi connectivity index (χ4v) is 3.35. The van der Waals surface area contributed by atoms with E-state index in [1.807, 2.05) is 31.2 Å². The summed E-state index contributed by atoms with van der Waals surface area (Å²) in [5.41, 5.74) is 1.58. The standard InChI is InChI=1S/C18H20N4O3S/c1-13(14-7-5-8-16(10-14)26(19,24)25)21(2)18(23)12-22-17-9-4-3-6-15(17)11-20-22/h3-11,13H,12H2,1-2H3,(H2,19,24,25). The van der Waals surface area contributed by atoms with Gasteiger partial charge in [0.25, 0.3) is 0 Å². The Morgan fingerprint density at radius 1 is 1.23 bits per heavy atom. The van der Waals surface area contributed by atoms with Crippen molar-refractivity contribution in [1.82, 2.24) is 14.7 Å². The minimum atomic E-state index is -3.79. The summed E-state index contributed by atoms with van der Waals surface area (Å²) in [6, 6.07) is 13.7. The van der Waals surface area contributed by atoms with E-state index >= 15 is 0 Å². The zero-order chi connectivity index (χ0) is 18.9. The van der Waals surface area contributed by atoms with Gasteiger partial charge in [-0.25, -0.2) is 13.6 Å². The van der Waals surface area contributed by atoms with Crippen LogP contribution in [0.15, 0.2) is 59.6 Å². The molecule has 1 atom stereocenters. The van der Waals surface area contributed by atoms with Gasteiger partial charge in [0.1, 0.15) is 6.54 Å². The van der Waals surface area contributed by atoms with Crippen LogP contribution >= 0.6 is 0 Å². The average molecular weight is 372 g/mol. The molecule has 136 valence electrons. The number of hydrogen-bond donors (Lipinski definition) is 1. The molecule has 0 saturated carbocycles. The van der Waals surface area contributed by atoms with Gasteiger partial charge in [-0.2, -0.15) is 5.10 Å². The highest BCUT2D eigenvalue weighted by Gasteiger charge is 2.20. The number of nitrogens with two attached hydrogens (primary N) is 1. The van der Waals surface area contributed by atoms with Gasteiger partial charge in [-0.05, 0) is 30.7 Å². The zero-order valence-electron chi connectivity index (χ0n) is 14.5. The van der Waals surface area contributed by atoms with Gasteiger partial charge in [-0.15, -0.1) is 0 Å². The second-order valence-electron chi connectivity index (χ2n) is 6.16. The molecule has 0 spiro atoms. The van der Waals surface area contributed by atoms with Crippen molar-refractivity contribution in [1.29, 1.82) is 0 Å². The molecule has 0 saturated heterocycles. The maximum Gasteiger partial charge on any atom is 0.244 e. The van der Waals surface area contributed by atoms with Gasteiger partial charge in [0, 0.05) is 12.4 Å². The summed E-state index contributed by atoms with van der Waals surface area (Å²) in [5.74, 6) is -0.132. The third-order valence-corrected chi connectivity index (χ3v) is 5.39. The van der Waals surface area contributed by atoms with Crippen LogP contribution in [-0.2, 0) is 21.4 Å². The predicted octanol–water partition coefficient (Wildman–Crippen LogP) is 1.90.